The molecule has 0 saturated carbocycles. The highest BCUT2D eigenvalue weighted by molar-refractivity contribution is 5.51. The normalized spacial score (nSPS) is 14.5. The van der Waals surface area contributed by atoms with Gasteiger partial charge in [-0.05, 0) is 29.3 Å². The Kier molecular flexibility index (Phi) is 7.37. The number of hydrogen-bond donors (Lipinski definition) is 1. The van der Waals surface area contributed by atoms with Gasteiger partial charge in [0.25, 0.3) is 0 Å². The van der Waals surface area contributed by atoms with Gasteiger partial charge in [-0.15, -0.1) is 0 Å². The van der Waals surface area contributed by atoms with Gasteiger partial charge in [-0.2, -0.15) is 0 Å². The van der Waals surface area contributed by atoms with E-state index in [1.165, 1.54) is 0 Å². The van der Waals surface area contributed by atoms with E-state index in [0.29, 0.717) is 37.6 Å². The standard InChI is InChI=1S/C27H31NO5/c1-30-25-16-27(32-3)26(31-2)15-22(25)18-28-11-12-33-24-10-9-20(14-21(24)17-28)23(29)13-19-7-5-4-6-8-19/h4-10,14-16,23,29H,11-13,17-18H2,1-3H3. The molecule has 0 bridgehead atoms. The van der Waals surface area contributed by atoms with E-state index >= 15 is 0 Å². The Balaban J connectivity index is 1.54. The first-order valence-corrected chi connectivity index (χ1v) is 11.1. The van der Waals surface area contributed by atoms with Crippen LogP contribution in [0, 0.1) is 0 Å². The van der Waals surface area contributed by atoms with Gasteiger partial charge < -0.3 is 24.1 Å². The van der Waals surface area contributed by atoms with Crippen molar-refractivity contribution in [1.29, 1.82) is 0 Å². The first-order valence-electron chi connectivity index (χ1n) is 11.1. The van der Waals surface area contributed by atoms with Crippen LogP contribution in [0.25, 0.3) is 0 Å². The van der Waals surface area contributed by atoms with E-state index in [-0.39, 0.29) is 0 Å². The zero-order valence-electron chi connectivity index (χ0n) is 19.4. The zero-order chi connectivity index (χ0) is 23.2. The average molecular weight is 450 g/mol. The Bertz CT molecular complexity index is 1070. The smallest absolute Gasteiger partial charge is 0.164 e. The predicted molar refractivity (Wildman–Crippen MR) is 127 cm³/mol. The van der Waals surface area contributed by atoms with Crippen molar-refractivity contribution in [2.24, 2.45) is 0 Å². The zero-order valence-corrected chi connectivity index (χ0v) is 19.4. The van der Waals surface area contributed by atoms with Gasteiger partial charge in [0.2, 0.25) is 0 Å². The minimum absolute atomic E-state index is 0.569. The summed E-state index contributed by atoms with van der Waals surface area (Å²) < 4.78 is 22.5. The summed E-state index contributed by atoms with van der Waals surface area (Å²) in [5.41, 5.74) is 4.08. The molecular formula is C27H31NO5. The molecule has 0 fully saturated rings. The van der Waals surface area contributed by atoms with Crippen LogP contribution in [-0.2, 0) is 19.5 Å². The summed E-state index contributed by atoms with van der Waals surface area (Å²) in [4.78, 5) is 2.31. The van der Waals surface area contributed by atoms with Gasteiger partial charge in [0.1, 0.15) is 18.1 Å². The molecule has 0 saturated heterocycles. The van der Waals surface area contributed by atoms with E-state index in [2.05, 4.69) is 11.0 Å². The summed E-state index contributed by atoms with van der Waals surface area (Å²) in [6, 6.07) is 19.9. The second kappa shape index (κ2) is 10.6. The molecule has 33 heavy (non-hydrogen) atoms. The van der Waals surface area contributed by atoms with Gasteiger partial charge >= 0.3 is 0 Å². The lowest BCUT2D eigenvalue weighted by Crippen LogP contribution is -2.25. The van der Waals surface area contributed by atoms with Crippen LogP contribution in [0.3, 0.4) is 0 Å². The van der Waals surface area contributed by atoms with E-state index in [1.54, 1.807) is 21.3 Å². The van der Waals surface area contributed by atoms with Crippen molar-refractivity contribution in [3.8, 4) is 23.0 Å². The number of fused-ring (bicyclic) bond motifs is 1. The van der Waals surface area contributed by atoms with Crippen molar-refractivity contribution in [3.05, 3.63) is 82.9 Å². The molecule has 0 amide bonds. The second-order valence-corrected chi connectivity index (χ2v) is 8.15. The summed E-state index contributed by atoms with van der Waals surface area (Å²) in [7, 11) is 4.91. The van der Waals surface area contributed by atoms with Crippen LogP contribution in [0.4, 0.5) is 0 Å². The lowest BCUT2D eigenvalue weighted by Gasteiger charge is -2.22. The quantitative estimate of drug-likeness (QED) is 0.551. The van der Waals surface area contributed by atoms with Crippen LogP contribution in [0.2, 0.25) is 0 Å². The molecule has 0 radical (unpaired) electrons. The van der Waals surface area contributed by atoms with E-state index in [1.807, 2.05) is 54.6 Å². The van der Waals surface area contributed by atoms with E-state index < -0.39 is 6.10 Å². The van der Waals surface area contributed by atoms with Gasteiger partial charge in [0.05, 0.1) is 27.4 Å². The molecule has 174 valence electrons. The van der Waals surface area contributed by atoms with E-state index in [4.69, 9.17) is 18.9 Å². The molecular weight excluding hydrogens is 418 g/mol. The number of benzene rings is 3. The third-order valence-corrected chi connectivity index (χ3v) is 5.98. The summed E-state index contributed by atoms with van der Waals surface area (Å²) in [6.45, 7) is 2.74. The summed E-state index contributed by atoms with van der Waals surface area (Å²) in [6.07, 6.45) is 0.00730. The van der Waals surface area contributed by atoms with Crippen LogP contribution in [-0.4, -0.2) is 44.5 Å². The second-order valence-electron chi connectivity index (χ2n) is 8.15. The predicted octanol–water partition coefficient (Wildman–Crippen LogP) is 4.38. The Morgan fingerprint density at radius 2 is 1.64 bits per heavy atom. The first kappa shape index (κ1) is 23.0. The molecule has 0 aliphatic carbocycles. The van der Waals surface area contributed by atoms with Crippen molar-refractivity contribution in [3.63, 3.8) is 0 Å². The number of ether oxygens (including phenoxy) is 4. The van der Waals surface area contributed by atoms with Gasteiger partial charge in [0.15, 0.2) is 11.5 Å². The number of aliphatic hydroxyl groups excluding tert-OH is 1. The molecule has 0 spiro atoms. The number of nitrogens with zero attached hydrogens (tertiary/aromatic N) is 1. The lowest BCUT2D eigenvalue weighted by atomic mass is 9.99. The largest absolute Gasteiger partial charge is 0.496 e. The fourth-order valence-corrected chi connectivity index (χ4v) is 4.22. The number of rotatable bonds is 8. The maximum atomic E-state index is 10.8. The number of aliphatic hydroxyl groups is 1. The number of hydrogen-bond acceptors (Lipinski definition) is 6. The molecule has 6 nitrogen and oxygen atoms in total. The lowest BCUT2D eigenvalue weighted by molar-refractivity contribution is 0.178. The van der Waals surface area contributed by atoms with Crippen molar-refractivity contribution in [1.82, 2.24) is 4.90 Å². The average Bonchev–Trinajstić information content (AvgIpc) is 3.05. The Morgan fingerprint density at radius 3 is 2.36 bits per heavy atom. The van der Waals surface area contributed by atoms with Gasteiger partial charge in [-0.1, -0.05) is 36.4 Å². The monoisotopic (exact) mass is 449 g/mol. The third kappa shape index (κ3) is 5.41. The molecule has 3 aromatic rings. The highest BCUT2D eigenvalue weighted by atomic mass is 16.5. The maximum absolute atomic E-state index is 10.8. The molecule has 1 unspecified atom stereocenters. The topological polar surface area (TPSA) is 60.4 Å². The van der Waals surface area contributed by atoms with Crippen molar-refractivity contribution >= 4 is 0 Å². The highest BCUT2D eigenvalue weighted by Gasteiger charge is 2.20. The van der Waals surface area contributed by atoms with Crippen molar-refractivity contribution < 1.29 is 24.1 Å². The molecule has 3 aromatic carbocycles. The van der Waals surface area contributed by atoms with Gasteiger partial charge in [0, 0.05) is 43.2 Å². The fourth-order valence-electron chi connectivity index (χ4n) is 4.22. The van der Waals surface area contributed by atoms with E-state index in [0.717, 1.165) is 40.3 Å². The highest BCUT2D eigenvalue weighted by Crippen LogP contribution is 2.36. The summed E-state index contributed by atoms with van der Waals surface area (Å²) in [5.74, 6) is 2.93. The summed E-state index contributed by atoms with van der Waals surface area (Å²) >= 11 is 0. The molecule has 0 aromatic heterocycles. The molecule has 1 atom stereocenters. The van der Waals surface area contributed by atoms with Crippen LogP contribution < -0.4 is 18.9 Å². The minimum Gasteiger partial charge on any atom is -0.496 e. The van der Waals surface area contributed by atoms with Gasteiger partial charge in [-0.25, -0.2) is 0 Å². The summed E-state index contributed by atoms with van der Waals surface area (Å²) in [5, 5.41) is 10.8. The first-order chi connectivity index (χ1) is 16.1. The van der Waals surface area contributed by atoms with Crippen LogP contribution in [0.15, 0.2) is 60.7 Å². The number of methoxy groups -OCH3 is 3. The van der Waals surface area contributed by atoms with Crippen LogP contribution in [0.1, 0.15) is 28.4 Å². The van der Waals surface area contributed by atoms with Crippen molar-refractivity contribution in [2.45, 2.75) is 25.6 Å². The molecule has 1 aliphatic heterocycles. The minimum atomic E-state index is -0.569. The SMILES string of the molecule is COc1cc(OC)c(OC)cc1CN1CCOc2ccc(C(O)Cc3ccccc3)cc2C1. The molecule has 4 rings (SSSR count). The Hall–Kier alpha value is -3.22. The fraction of sp³-hybridized carbons (Fsp3) is 0.333. The molecule has 1 heterocycles. The third-order valence-electron chi connectivity index (χ3n) is 5.98. The maximum Gasteiger partial charge on any atom is 0.164 e. The van der Waals surface area contributed by atoms with Crippen LogP contribution in [0.5, 0.6) is 23.0 Å². The van der Waals surface area contributed by atoms with Crippen LogP contribution >= 0.6 is 0 Å². The molecule has 6 heteroatoms. The molecule has 1 N–H and O–H groups in total. The Labute approximate surface area is 195 Å². The Morgan fingerprint density at radius 1 is 0.909 bits per heavy atom. The van der Waals surface area contributed by atoms with Crippen molar-refractivity contribution in [2.75, 3.05) is 34.5 Å². The van der Waals surface area contributed by atoms with E-state index in [9.17, 15) is 5.11 Å². The molecule has 1 aliphatic rings. The van der Waals surface area contributed by atoms with Gasteiger partial charge in [-0.3, -0.25) is 4.90 Å².